The molecule has 0 fully saturated rings. The second kappa shape index (κ2) is 5.65. The molecule has 10 heavy (non-hydrogen) atoms. The number of hydrogen-bond acceptors (Lipinski definition) is 3. The third-order valence-corrected chi connectivity index (χ3v) is 1.36. The third kappa shape index (κ3) is 6.01. The molecule has 0 aromatic rings. The van der Waals surface area contributed by atoms with Crippen LogP contribution in [0, 0.1) is 5.92 Å². The van der Waals surface area contributed by atoms with Gasteiger partial charge >= 0.3 is 0 Å². The van der Waals surface area contributed by atoms with E-state index in [9.17, 15) is 0 Å². The fourth-order valence-electron chi connectivity index (χ4n) is 0.641. The molecule has 0 heterocycles. The van der Waals surface area contributed by atoms with Gasteiger partial charge in [0.25, 0.3) is 0 Å². The highest BCUT2D eigenvalue weighted by Gasteiger charge is 1.98. The van der Waals surface area contributed by atoms with Crippen molar-refractivity contribution in [3.63, 3.8) is 0 Å². The van der Waals surface area contributed by atoms with Crippen molar-refractivity contribution in [3.8, 4) is 0 Å². The maximum absolute atomic E-state index is 5.53. The van der Waals surface area contributed by atoms with Gasteiger partial charge in [0, 0.05) is 12.6 Å². The van der Waals surface area contributed by atoms with Crippen molar-refractivity contribution >= 4 is 0 Å². The predicted molar refractivity (Wildman–Crippen MR) is 44.7 cm³/mol. The van der Waals surface area contributed by atoms with Gasteiger partial charge in [-0.3, -0.25) is 0 Å². The molecule has 0 saturated heterocycles. The number of nitrogens with two attached hydrogens (primary N) is 2. The molecule has 0 amide bonds. The lowest BCUT2D eigenvalue weighted by molar-refractivity contribution is 0.504. The molecule has 0 aliphatic heterocycles. The Balaban J connectivity index is 3.03. The molecule has 0 spiro atoms. The summed E-state index contributed by atoms with van der Waals surface area (Å²) in [5.41, 5.74) is 10.9. The zero-order chi connectivity index (χ0) is 7.98. The van der Waals surface area contributed by atoms with Gasteiger partial charge in [0.15, 0.2) is 0 Å². The molecule has 0 unspecified atom stereocenters. The summed E-state index contributed by atoms with van der Waals surface area (Å²) in [4.78, 5) is 0. The van der Waals surface area contributed by atoms with Crippen LogP contribution >= 0.6 is 0 Å². The lowest BCUT2D eigenvalue weighted by atomic mass is 10.2. The zero-order valence-corrected chi connectivity index (χ0v) is 6.93. The standard InChI is InChI=1S/C7H19N3/c1-6(3-8)4-10-5-7(2)9/h6-7,10H,3-5,8-9H2,1-2H3/t6-,7+/m0/s1. The Labute approximate surface area is 63.2 Å². The second-order valence-corrected chi connectivity index (χ2v) is 2.98. The topological polar surface area (TPSA) is 64.1 Å². The van der Waals surface area contributed by atoms with Gasteiger partial charge in [0.2, 0.25) is 0 Å². The Bertz CT molecular complexity index is 73.3. The first-order chi connectivity index (χ1) is 4.66. The lowest BCUT2D eigenvalue weighted by Crippen LogP contribution is -2.35. The van der Waals surface area contributed by atoms with Crippen LogP contribution in [0.3, 0.4) is 0 Å². The van der Waals surface area contributed by atoms with E-state index in [0.29, 0.717) is 5.92 Å². The first-order valence-electron chi connectivity index (χ1n) is 3.83. The van der Waals surface area contributed by atoms with E-state index in [4.69, 9.17) is 11.5 Å². The molecule has 0 aromatic carbocycles. The Morgan fingerprint density at radius 3 is 2.30 bits per heavy atom. The van der Waals surface area contributed by atoms with Crippen molar-refractivity contribution in [3.05, 3.63) is 0 Å². The summed E-state index contributed by atoms with van der Waals surface area (Å²) in [7, 11) is 0. The Kier molecular flexibility index (Phi) is 5.58. The summed E-state index contributed by atoms with van der Waals surface area (Å²) in [6, 6.07) is 0.241. The fourth-order valence-corrected chi connectivity index (χ4v) is 0.641. The van der Waals surface area contributed by atoms with E-state index in [0.717, 1.165) is 19.6 Å². The molecule has 0 saturated carbocycles. The average molecular weight is 145 g/mol. The van der Waals surface area contributed by atoms with Gasteiger partial charge in [-0.25, -0.2) is 0 Å². The zero-order valence-electron chi connectivity index (χ0n) is 6.93. The van der Waals surface area contributed by atoms with E-state index < -0.39 is 0 Å². The summed E-state index contributed by atoms with van der Waals surface area (Å²) in [6.07, 6.45) is 0. The fraction of sp³-hybridized carbons (Fsp3) is 1.00. The largest absolute Gasteiger partial charge is 0.330 e. The molecule has 2 atom stereocenters. The number of hydrogen-bond donors (Lipinski definition) is 3. The highest BCUT2D eigenvalue weighted by molar-refractivity contribution is 4.61. The number of rotatable bonds is 5. The van der Waals surface area contributed by atoms with Crippen LogP contribution < -0.4 is 16.8 Å². The summed E-state index contributed by atoms with van der Waals surface area (Å²) in [5.74, 6) is 0.554. The Morgan fingerprint density at radius 1 is 1.30 bits per heavy atom. The number of nitrogens with one attached hydrogen (secondary N) is 1. The molecule has 3 heteroatoms. The average Bonchev–Trinajstić information content (AvgIpc) is 1.87. The Morgan fingerprint density at radius 2 is 1.90 bits per heavy atom. The van der Waals surface area contributed by atoms with Gasteiger partial charge in [0.05, 0.1) is 0 Å². The van der Waals surface area contributed by atoms with Crippen LogP contribution in [-0.4, -0.2) is 25.7 Å². The monoisotopic (exact) mass is 145 g/mol. The van der Waals surface area contributed by atoms with Gasteiger partial charge in [0.1, 0.15) is 0 Å². The van der Waals surface area contributed by atoms with Crippen molar-refractivity contribution < 1.29 is 0 Å². The van der Waals surface area contributed by atoms with E-state index in [1.165, 1.54) is 0 Å². The maximum Gasteiger partial charge on any atom is 0.0136 e. The molecule has 0 aromatic heterocycles. The Hall–Kier alpha value is -0.120. The van der Waals surface area contributed by atoms with Crippen molar-refractivity contribution in [2.24, 2.45) is 17.4 Å². The van der Waals surface area contributed by atoms with Crippen molar-refractivity contribution in [1.82, 2.24) is 5.32 Å². The third-order valence-electron chi connectivity index (χ3n) is 1.36. The molecule has 0 aliphatic carbocycles. The quantitative estimate of drug-likeness (QED) is 0.489. The highest BCUT2D eigenvalue weighted by atomic mass is 14.9. The van der Waals surface area contributed by atoms with Crippen LogP contribution in [0.5, 0.6) is 0 Å². The predicted octanol–water partition coefficient (Wildman–Crippen LogP) is -0.482. The minimum Gasteiger partial charge on any atom is -0.330 e. The van der Waals surface area contributed by atoms with E-state index in [1.807, 2.05) is 6.92 Å². The minimum absolute atomic E-state index is 0.241. The molecule has 0 rings (SSSR count). The summed E-state index contributed by atoms with van der Waals surface area (Å²) in [6.45, 7) is 6.70. The molecule has 62 valence electrons. The van der Waals surface area contributed by atoms with E-state index in [2.05, 4.69) is 12.2 Å². The SMILES string of the molecule is C[C@@H](CN)CNC[C@@H](C)N. The van der Waals surface area contributed by atoms with Crippen molar-refractivity contribution in [2.75, 3.05) is 19.6 Å². The molecule has 0 bridgehead atoms. The van der Waals surface area contributed by atoms with E-state index in [1.54, 1.807) is 0 Å². The van der Waals surface area contributed by atoms with Crippen LogP contribution in [0.4, 0.5) is 0 Å². The molecular formula is C7H19N3. The summed E-state index contributed by atoms with van der Waals surface area (Å²) in [5, 5.41) is 3.23. The molecular weight excluding hydrogens is 126 g/mol. The normalized spacial score (nSPS) is 16.8. The van der Waals surface area contributed by atoms with Crippen molar-refractivity contribution in [1.29, 1.82) is 0 Å². The van der Waals surface area contributed by atoms with Crippen LogP contribution in [0.1, 0.15) is 13.8 Å². The smallest absolute Gasteiger partial charge is 0.0136 e. The highest BCUT2D eigenvalue weighted by Crippen LogP contribution is 1.86. The van der Waals surface area contributed by atoms with Gasteiger partial charge in [-0.1, -0.05) is 6.92 Å². The van der Waals surface area contributed by atoms with Crippen LogP contribution in [0.25, 0.3) is 0 Å². The van der Waals surface area contributed by atoms with Gasteiger partial charge in [-0.2, -0.15) is 0 Å². The molecule has 0 aliphatic rings. The maximum atomic E-state index is 5.53. The van der Waals surface area contributed by atoms with Crippen LogP contribution in [-0.2, 0) is 0 Å². The first-order valence-corrected chi connectivity index (χ1v) is 3.83. The van der Waals surface area contributed by atoms with E-state index >= 15 is 0 Å². The van der Waals surface area contributed by atoms with Gasteiger partial charge < -0.3 is 16.8 Å². The molecule has 5 N–H and O–H groups in total. The molecule has 3 nitrogen and oxygen atoms in total. The second-order valence-electron chi connectivity index (χ2n) is 2.98. The van der Waals surface area contributed by atoms with Gasteiger partial charge in [-0.05, 0) is 25.9 Å². The summed E-state index contributed by atoms with van der Waals surface area (Å²) >= 11 is 0. The van der Waals surface area contributed by atoms with Crippen LogP contribution in [0.15, 0.2) is 0 Å². The lowest BCUT2D eigenvalue weighted by Gasteiger charge is -2.11. The van der Waals surface area contributed by atoms with Crippen LogP contribution in [0.2, 0.25) is 0 Å². The van der Waals surface area contributed by atoms with Gasteiger partial charge in [-0.15, -0.1) is 0 Å². The summed E-state index contributed by atoms with van der Waals surface area (Å²) < 4.78 is 0. The van der Waals surface area contributed by atoms with Crippen molar-refractivity contribution in [2.45, 2.75) is 19.9 Å². The molecule has 0 radical (unpaired) electrons. The first kappa shape index (κ1) is 9.88. The van der Waals surface area contributed by atoms with E-state index in [-0.39, 0.29) is 6.04 Å². The minimum atomic E-state index is 0.241.